The highest BCUT2D eigenvalue weighted by atomic mass is 16.4. The zero-order valence-electron chi connectivity index (χ0n) is 10.9. The smallest absolute Gasteiger partial charge is 0.307 e. The van der Waals surface area contributed by atoms with Gasteiger partial charge in [-0.3, -0.25) is 9.59 Å². The van der Waals surface area contributed by atoms with Crippen molar-refractivity contribution >= 4 is 11.9 Å². The van der Waals surface area contributed by atoms with Crippen molar-refractivity contribution in [3.05, 3.63) is 12.2 Å². The maximum atomic E-state index is 12.2. The van der Waals surface area contributed by atoms with Crippen LogP contribution < -0.4 is 5.32 Å². The maximum absolute atomic E-state index is 12.2. The second kappa shape index (κ2) is 6.19. The van der Waals surface area contributed by atoms with Crippen LogP contribution in [0.2, 0.25) is 0 Å². The molecule has 2 unspecified atom stereocenters. The molecule has 106 valence electrons. The lowest BCUT2D eigenvalue weighted by Crippen LogP contribution is -2.49. The number of carboxylic acids is 1. The van der Waals surface area contributed by atoms with Crippen LogP contribution in [0.25, 0.3) is 0 Å². The van der Waals surface area contributed by atoms with E-state index < -0.39 is 23.9 Å². The molecule has 2 rings (SSSR count). The highest BCUT2D eigenvalue weighted by Gasteiger charge is 2.35. The van der Waals surface area contributed by atoms with Gasteiger partial charge in [0.2, 0.25) is 5.91 Å². The summed E-state index contributed by atoms with van der Waals surface area (Å²) in [6.45, 7) is 0. The number of amides is 1. The molecular formula is C14H21NO4. The van der Waals surface area contributed by atoms with Crippen molar-refractivity contribution in [3.63, 3.8) is 0 Å². The molecule has 3 N–H and O–H groups in total. The quantitative estimate of drug-likeness (QED) is 0.668. The number of carboxylic acid groups (broad SMARTS) is 1. The molecule has 0 saturated heterocycles. The van der Waals surface area contributed by atoms with Crippen LogP contribution in [0.5, 0.6) is 0 Å². The number of allylic oxidation sites excluding steroid dienone is 2. The number of aliphatic hydroxyl groups is 1. The van der Waals surface area contributed by atoms with Gasteiger partial charge in [0.25, 0.3) is 0 Å². The standard InChI is InChI=1S/C14H21NO4/c16-12-8-4-3-7-11(12)15-13(17)9-5-1-2-6-10(9)14(18)19/h1-2,9-12,16H,3-8H2,(H,15,17)(H,18,19)/t9?,10?,11-,12-/m1/s1. The van der Waals surface area contributed by atoms with Crippen LogP contribution in [0, 0.1) is 11.8 Å². The zero-order chi connectivity index (χ0) is 13.8. The van der Waals surface area contributed by atoms with Gasteiger partial charge in [-0.05, 0) is 25.7 Å². The summed E-state index contributed by atoms with van der Waals surface area (Å²) in [5.41, 5.74) is 0. The van der Waals surface area contributed by atoms with Gasteiger partial charge in [-0.15, -0.1) is 0 Å². The van der Waals surface area contributed by atoms with Crippen molar-refractivity contribution in [3.8, 4) is 0 Å². The first-order chi connectivity index (χ1) is 9.09. The molecule has 2 aliphatic rings. The Morgan fingerprint density at radius 2 is 1.68 bits per heavy atom. The van der Waals surface area contributed by atoms with E-state index in [4.69, 9.17) is 5.11 Å². The van der Waals surface area contributed by atoms with Gasteiger partial charge in [0.1, 0.15) is 0 Å². The number of aliphatic carboxylic acids is 1. The molecule has 4 atom stereocenters. The summed E-state index contributed by atoms with van der Waals surface area (Å²) in [5.74, 6) is -2.32. The highest BCUT2D eigenvalue weighted by Crippen LogP contribution is 2.27. The molecular weight excluding hydrogens is 246 g/mol. The van der Waals surface area contributed by atoms with Gasteiger partial charge in [0, 0.05) is 0 Å². The molecule has 0 aromatic rings. The van der Waals surface area contributed by atoms with E-state index in [1.807, 2.05) is 12.2 Å². The lowest BCUT2D eigenvalue weighted by atomic mass is 9.82. The van der Waals surface area contributed by atoms with E-state index in [0.717, 1.165) is 19.3 Å². The van der Waals surface area contributed by atoms with Crippen molar-refractivity contribution in [2.45, 2.75) is 50.7 Å². The van der Waals surface area contributed by atoms with Crippen LogP contribution in [0.3, 0.4) is 0 Å². The lowest BCUT2D eigenvalue weighted by molar-refractivity contribution is -0.147. The fraction of sp³-hybridized carbons (Fsp3) is 0.714. The molecule has 1 amide bonds. The Morgan fingerprint density at radius 3 is 2.32 bits per heavy atom. The molecule has 0 aromatic carbocycles. The number of carbonyl (C=O) groups is 2. The largest absolute Gasteiger partial charge is 0.481 e. The Morgan fingerprint density at radius 1 is 1.05 bits per heavy atom. The fourth-order valence-electron chi connectivity index (χ4n) is 2.95. The van der Waals surface area contributed by atoms with Crippen molar-refractivity contribution in [1.29, 1.82) is 0 Å². The number of nitrogens with one attached hydrogen (secondary N) is 1. The Bertz CT molecular complexity index is 380. The zero-order valence-corrected chi connectivity index (χ0v) is 10.9. The van der Waals surface area contributed by atoms with E-state index in [-0.39, 0.29) is 11.9 Å². The predicted molar refractivity (Wildman–Crippen MR) is 69.4 cm³/mol. The molecule has 0 spiro atoms. The van der Waals surface area contributed by atoms with Gasteiger partial charge in [-0.1, -0.05) is 25.0 Å². The van der Waals surface area contributed by atoms with Crippen LogP contribution in [-0.4, -0.2) is 34.2 Å². The number of rotatable bonds is 3. The third-order valence-corrected chi connectivity index (χ3v) is 4.14. The van der Waals surface area contributed by atoms with E-state index in [1.165, 1.54) is 0 Å². The molecule has 0 heterocycles. The van der Waals surface area contributed by atoms with Crippen LogP contribution in [0.1, 0.15) is 38.5 Å². The third-order valence-electron chi connectivity index (χ3n) is 4.14. The molecule has 0 radical (unpaired) electrons. The lowest BCUT2D eigenvalue weighted by Gasteiger charge is -2.31. The Kier molecular flexibility index (Phi) is 4.58. The summed E-state index contributed by atoms with van der Waals surface area (Å²) < 4.78 is 0. The van der Waals surface area contributed by atoms with Crippen LogP contribution >= 0.6 is 0 Å². The summed E-state index contributed by atoms with van der Waals surface area (Å²) in [6, 6.07) is -0.221. The number of carbonyl (C=O) groups excluding carboxylic acids is 1. The topological polar surface area (TPSA) is 86.6 Å². The van der Waals surface area contributed by atoms with Crippen molar-refractivity contribution in [2.75, 3.05) is 0 Å². The summed E-state index contributed by atoms with van der Waals surface area (Å²) in [4.78, 5) is 23.4. The van der Waals surface area contributed by atoms with Gasteiger partial charge in [-0.2, -0.15) is 0 Å². The summed E-state index contributed by atoms with van der Waals surface area (Å²) in [5, 5.41) is 21.8. The normalized spacial score (nSPS) is 34.8. The molecule has 2 aliphatic carbocycles. The monoisotopic (exact) mass is 267 g/mol. The second-order valence-electron chi connectivity index (χ2n) is 5.46. The first-order valence-corrected chi connectivity index (χ1v) is 6.96. The first-order valence-electron chi connectivity index (χ1n) is 6.96. The van der Waals surface area contributed by atoms with E-state index in [0.29, 0.717) is 19.3 Å². The molecule has 0 aliphatic heterocycles. The molecule has 1 fully saturated rings. The summed E-state index contributed by atoms with van der Waals surface area (Å²) in [6.07, 6.45) is 7.50. The fourth-order valence-corrected chi connectivity index (χ4v) is 2.95. The van der Waals surface area contributed by atoms with E-state index in [2.05, 4.69) is 5.32 Å². The van der Waals surface area contributed by atoms with Gasteiger partial charge in [-0.25, -0.2) is 0 Å². The third kappa shape index (κ3) is 3.35. The van der Waals surface area contributed by atoms with Crippen molar-refractivity contribution in [2.24, 2.45) is 11.8 Å². The Hall–Kier alpha value is -1.36. The molecule has 5 nitrogen and oxygen atoms in total. The van der Waals surface area contributed by atoms with Gasteiger partial charge < -0.3 is 15.5 Å². The molecule has 0 aromatic heterocycles. The minimum Gasteiger partial charge on any atom is -0.481 e. The average molecular weight is 267 g/mol. The van der Waals surface area contributed by atoms with E-state index in [1.54, 1.807) is 0 Å². The number of aliphatic hydroxyl groups excluding tert-OH is 1. The number of hydrogen-bond acceptors (Lipinski definition) is 3. The minimum absolute atomic E-state index is 0.221. The first kappa shape index (κ1) is 14.1. The van der Waals surface area contributed by atoms with Crippen LogP contribution in [0.4, 0.5) is 0 Å². The number of hydrogen-bond donors (Lipinski definition) is 3. The molecule has 5 heteroatoms. The van der Waals surface area contributed by atoms with Crippen molar-refractivity contribution < 1.29 is 19.8 Å². The summed E-state index contributed by atoms with van der Waals surface area (Å²) in [7, 11) is 0. The molecule has 1 saturated carbocycles. The van der Waals surface area contributed by atoms with Crippen molar-refractivity contribution in [1.82, 2.24) is 5.32 Å². The Balaban J connectivity index is 1.97. The maximum Gasteiger partial charge on any atom is 0.307 e. The molecule has 0 bridgehead atoms. The average Bonchev–Trinajstić information content (AvgIpc) is 2.41. The van der Waals surface area contributed by atoms with E-state index >= 15 is 0 Å². The van der Waals surface area contributed by atoms with E-state index in [9.17, 15) is 14.7 Å². The second-order valence-corrected chi connectivity index (χ2v) is 5.46. The van der Waals surface area contributed by atoms with Gasteiger partial charge >= 0.3 is 5.97 Å². The van der Waals surface area contributed by atoms with Gasteiger partial charge in [0.15, 0.2) is 0 Å². The summed E-state index contributed by atoms with van der Waals surface area (Å²) >= 11 is 0. The van der Waals surface area contributed by atoms with Crippen LogP contribution in [-0.2, 0) is 9.59 Å². The highest BCUT2D eigenvalue weighted by molar-refractivity contribution is 5.85. The predicted octanol–water partition coefficient (Wildman–Crippen LogP) is 1.07. The minimum atomic E-state index is -0.923. The Labute approximate surface area is 112 Å². The molecule has 19 heavy (non-hydrogen) atoms. The van der Waals surface area contributed by atoms with Crippen LogP contribution in [0.15, 0.2) is 12.2 Å². The SMILES string of the molecule is O=C(O)C1CC=CCC1C(=O)N[C@@H]1CCCC[C@H]1O. The van der Waals surface area contributed by atoms with Gasteiger partial charge in [0.05, 0.1) is 24.0 Å².